The molecular weight excluding hydrogens is 191 g/mol. The highest BCUT2D eigenvalue weighted by molar-refractivity contribution is 5.47. The van der Waals surface area contributed by atoms with Crippen molar-refractivity contribution in [3.8, 4) is 6.07 Å². The Hall–Kier alpha value is -1.76. The van der Waals surface area contributed by atoms with E-state index in [4.69, 9.17) is 5.26 Å². The molecule has 0 fully saturated rings. The summed E-state index contributed by atoms with van der Waals surface area (Å²) in [6.07, 6.45) is -0.696. The highest BCUT2D eigenvalue weighted by Crippen LogP contribution is 2.30. The first-order chi connectivity index (χ1) is 6.47. The number of hydrogen-bond donors (Lipinski definition) is 0. The molecule has 0 atom stereocenters. The summed E-state index contributed by atoms with van der Waals surface area (Å²) < 4.78 is 37.0. The van der Waals surface area contributed by atoms with Gasteiger partial charge in [0.1, 0.15) is 0 Å². The third-order valence-corrected chi connectivity index (χ3v) is 1.29. The third kappa shape index (κ3) is 3.31. The molecule has 0 saturated carbocycles. The van der Waals surface area contributed by atoms with Gasteiger partial charge < -0.3 is 0 Å². The van der Waals surface area contributed by atoms with Crippen LogP contribution >= 0.6 is 0 Å². The Morgan fingerprint density at radius 3 is 1.93 bits per heavy atom. The van der Waals surface area contributed by atoms with Crippen LogP contribution in [0.25, 0.3) is 0 Å². The Labute approximate surface area is 80.2 Å². The van der Waals surface area contributed by atoms with E-state index in [2.05, 4.69) is 13.2 Å². The molecule has 0 N–H and O–H groups in total. The summed E-state index contributed by atoms with van der Waals surface area (Å²) in [6, 6.07) is 1.45. The fourth-order valence-corrected chi connectivity index (χ4v) is 0.760. The number of alkyl halides is 3. The van der Waals surface area contributed by atoms with Gasteiger partial charge in [0.2, 0.25) is 0 Å². The monoisotopic (exact) mass is 199 g/mol. The molecule has 0 amide bonds. The summed E-state index contributed by atoms with van der Waals surface area (Å²) in [6.45, 7) is 6.38. The van der Waals surface area contributed by atoms with Crippen LogP contribution in [0.5, 0.6) is 0 Å². The molecule has 0 radical (unpaired) electrons. The van der Waals surface area contributed by atoms with Gasteiger partial charge in [-0.1, -0.05) is 25.3 Å². The van der Waals surface area contributed by atoms with E-state index in [-0.39, 0.29) is 0 Å². The topological polar surface area (TPSA) is 23.8 Å². The first kappa shape index (κ1) is 12.2. The quantitative estimate of drug-likeness (QED) is 0.505. The highest BCUT2D eigenvalue weighted by Gasteiger charge is 2.35. The predicted octanol–water partition coefficient (Wildman–Crippen LogP) is 3.30. The number of rotatable bonds is 3. The first-order valence-corrected chi connectivity index (χ1v) is 3.60. The zero-order valence-electron chi connectivity index (χ0n) is 7.30. The fraction of sp³-hybridized carbons (Fsp3) is 0.100. The van der Waals surface area contributed by atoms with Crippen LogP contribution in [0.2, 0.25) is 0 Å². The lowest BCUT2D eigenvalue weighted by atomic mass is 10.1. The lowest BCUT2D eigenvalue weighted by Crippen LogP contribution is -2.13. The second-order valence-corrected chi connectivity index (χ2v) is 2.24. The molecule has 14 heavy (non-hydrogen) atoms. The summed E-state index contributed by atoms with van der Waals surface area (Å²) in [5, 5.41) is 8.48. The van der Waals surface area contributed by atoms with Crippen LogP contribution in [-0.2, 0) is 0 Å². The minimum atomic E-state index is -4.56. The molecule has 0 bridgehead atoms. The first-order valence-electron chi connectivity index (χ1n) is 3.60. The summed E-state index contributed by atoms with van der Waals surface area (Å²) in [5.74, 6) is 0. The lowest BCUT2D eigenvalue weighted by Gasteiger charge is -2.09. The van der Waals surface area contributed by atoms with Crippen LogP contribution in [0.15, 0.2) is 48.6 Å². The molecule has 74 valence electrons. The van der Waals surface area contributed by atoms with Crippen LogP contribution in [0.1, 0.15) is 0 Å². The maximum Gasteiger partial charge on any atom is 0.417 e. The van der Waals surface area contributed by atoms with Crippen molar-refractivity contribution >= 4 is 0 Å². The van der Waals surface area contributed by atoms with Gasteiger partial charge >= 0.3 is 6.18 Å². The van der Waals surface area contributed by atoms with E-state index in [9.17, 15) is 13.2 Å². The Morgan fingerprint density at radius 1 is 1.14 bits per heavy atom. The van der Waals surface area contributed by atoms with Crippen molar-refractivity contribution in [1.29, 1.82) is 5.26 Å². The number of hydrogen-bond acceptors (Lipinski definition) is 1. The van der Waals surface area contributed by atoms with Gasteiger partial charge in [0.25, 0.3) is 0 Å². The Balaban J connectivity index is 5.35. The molecule has 0 aromatic carbocycles. The van der Waals surface area contributed by atoms with Gasteiger partial charge in [0.15, 0.2) is 0 Å². The fourth-order valence-electron chi connectivity index (χ4n) is 0.760. The number of halogens is 3. The molecule has 0 spiro atoms. The van der Waals surface area contributed by atoms with E-state index in [0.717, 1.165) is 24.3 Å². The SMILES string of the molecule is C=C/C=C(C#N)\C(=C/C=C)C(F)(F)F. The Bertz CT molecular complexity index is 326. The molecule has 0 aliphatic rings. The maximum absolute atomic E-state index is 12.3. The molecule has 0 aliphatic heterocycles. The van der Waals surface area contributed by atoms with Gasteiger partial charge in [-0.2, -0.15) is 18.4 Å². The number of nitriles is 1. The average Bonchev–Trinajstić information content (AvgIpc) is 2.09. The van der Waals surface area contributed by atoms with E-state index in [1.54, 1.807) is 0 Å². The van der Waals surface area contributed by atoms with Crippen LogP contribution in [0, 0.1) is 11.3 Å². The second kappa shape index (κ2) is 5.07. The summed E-state index contributed by atoms with van der Waals surface area (Å²) in [7, 11) is 0. The molecule has 0 saturated heterocycles. The van der Waals surface area contributed by atoms with Crippen LogP contribution in [-0.4, -0.2) is 6.18 Å². The van der Waals surface area contributed by atoms with Crippen LogP contribution < -0.4 is 0 Å². The van der Waals surface area contributed by atoms with Crippen molar-refractivity contribution < 1.29 is 13.2 Å². The highest BCUT2D eigenvalue weighted by atomic mass is 19.4. The van der Waals surface area contributed by atoms with Gasteiger partial charge in [0, 0.05) is 0 Å². The Morgan fingerprint density at radius 2 is 1.64 bits per heavy atom. The number of allylic oxidation sites excluding steroid dienone is 6. The van der Waals surface area contributed by atoms with Crippen molar-refractivity contribution in [2.75, 3.05) is 0 Å². The summed E-state index contributed by atoms with van der Waals surface area (Å²) in [5.41, 5.74) is -1.50. The van der Waals surface area contributed by atoms with Crippen LogP contribution in [0.4, 0.5) is 13.2 Å². The van der Waals surface area contributed by atoms with E-state index in [0.29, 0.717) is 0 Å². The van der Waals surface area contributed by atoms with E-state index in [1.165, 1.54) is 6.07 Å². The molecule has 4 heteroatoms. The molecule has 0 aromatic rings. The third-order valence-electron chi connectivity index (χ3n) is 1.29. The van der Waals surface area contributed by atoms with Gasteiger partial charge in [0.05, 0.1) is 17.2 Å². The maximum atomic E-state index is 12.3. The predicted molar refractivity (Wildman–Crippen MR) is 48.2 cm³/mol. The molecular formula is C10H8F3N. The van der Waals surface area contributed by atoms with Crippen LogP contribution in [0.3, 0.4) is 0 Å². The van der Waals surface area contributed by atoms with Crippen molar-refractivity contribution in [1.82, 2.24) is 0 Å². The van der Waals surface area contributed by atoms with E-state index >= 15 is 0 Å². The lowest BCUT2D eigenvalue weighted by molar-refractivity contribution is -0.0889. The van der Waals surface area contributed by atoms with Gasteiger partial charge in [-0.25, -0.2) is 0 Å². The van der Waals surface area contributed by atoms with Crippen molar-refractivity contribution in [3.63, 3.8) is 0 Å². The molecule has 0 rings (SSSR count). The largest absolute Gasteiger partial charge is 0.417 e. The summed E-state index contributed by atoms with van der Waals surface area (Å²) >= 11 is 0. The molecule has 0 heterocycles. The standard InChI is InChI=1S/C10H8F3N/c1-3-5-8(7-14)9(6-4-2)10(11,12)13/h3-6H,1-2H2/b8-5-,9-6+. The van der Waals surface area contributed by atoms with Crippen molar-refractivity contribution in [2.45, 2.75) is 6.18 Å². The van der Waals surface area contributed by atoms with Crippen molar-refractivity contribution in [3.05, 3.63) is 48.6 Å². The van der Waals surface area contributed by atoms with Gasteiger partial charge in [-0.15, -0.1) is 0 Å². The summed E-state index contributed by atoms with van der Waals surface area (Å²) in [4.78, 5) is 0. The van der Waals surface area contributed by atoms with E-state index < -0.39 is 17.3 Å². The normalized spacial score (nSPS) is 13.3. The van der Waals surface area contributed by atoms with Gasteiger partial charge in [-0.3, -0.25) is 0 Å². The minimum Gasteiger partial charge on any atom is -0.192 e. The van der Waals surface area contributed by atoms with E-state index in [1.807, 2.05) is 0 Å². The average molecular weight is 199 g/mol. The smallest absolute Gasteiger partial charge is 0.192 e. The zero-order chi connectivity index (χ0) is 11.2. The number of nitrogens with zero attached hydrogens (tertiary/aromatic N) is 1. The molecule has 1 nitrogen and oxygen atoms in total. The van der Waals surface area contributed by atoms with Crippen molar-refractivity contribution in [2.24, 2.45) is 0 Å². The Kier molecular flexibility index (Phi) is 4.44. The zero-order valence-corrected chi connectivity index (χ0v) is 7.30. The van der Waals surface area contributed by atoms with Gasteiger partial charge in [-0.05, 0) is 12.2 Å². The second-order valence-electron chi connectivity index (χ2n) is 2.24. The minimum absolute atomic E-state index is 0.479. The molecule has 0 unspecified atom stereocenters. The molecule has 0 aromatic heterocycles. The molecule has 0 aliphatic carbocycles.